The number of hydrogen-bond acceptors (Lipinski definition) is 2. The summed E-state index contributed by atoms with van der Waals surface area (Å²) in [4.78, 5) is 23.7. The molecule has 0 aliphatic rings. The Morgan fingerprint density at radius 2 is 1.70 bits per heavy atom. The van der Waals surface area contributed by atoms with E-state index in [-0.39, 0.29) is 29.6 Å². The summed E-state index contributed by atoms with van der Waals surface area (Å²) in [6.45, 7) is 7.73. The number of ketones is 1. The maximum atomic E-state index is 12.0. The first-order chi connectivity index (χ1) is 9.28. The van der Waals surface area contributed by atoms with Crippen LogP contribution in [-0.2, 0) is 16.0 Å². The number of rotatable bonds is 6. The molecule has 0 aliphatic carbocycles. The number of nitrogens with one attached hydrogen (secondary N) is 1. The summed E-state index contributed by atoms with van der Waals surface area (Å²) in [5, 5.41) is 2.87. The van der Waals surface area contributed by atoms with Crippen LogP contribution in [0.1, 0.15) is 46.1 Å². The molecular formula is C17H25NO2. The van der Waals surface area contributed by atoms with Crippen LogP contribution in [0.3, 0.4) is 0 Å². The molecule has 1 aromatic carbocycles. The molecule has 0 heterocycles. The highest BCUT2D eigenvalue weighted by atomic mass is 16.2. The van der Waals surface area contributed by atoms with Crippen LogP contribution < -0.4 is 5.32 Å². The summed E-state index contributed by atoms with van der Waals surface area (Å²) in [6.07, 6.45) is 1.33. The predicted octanol–water partition coefficient (Wildman–Crippen LogP) is 3.13. The smallest absolute Gasteiger partial charge is 0.220 e. The Morgan fingerprint density at radius 3 is 2.25 bits per heavy atom. The molecule has 0 fully saturated rings. The van der Waals surface area contributed by atoms with Gasteiger partial charge in [0.05, 0.1) is 0 Å². The van der Waals surface area contributed by atoms with Crippen molar-refractivity contribution in [3.8, 4) is 0 Å². The van der Waals surface area contributed by atoms with Gasteiger partial charge in [0.25, 0.3) is 0 Å². The van der Waals surface area contributed by atoms with E-state index >= 15 is 0 Å². The number of carbonyl (C=O) groups excluding carboxylic acids is 2. The van der Waals surface area contributed by atoms with E-state index in [9.17, 15) is 9.59 Å². The van der Waals surface area contributed by atoms with Crippen molar-refractivity contribution in [1.29, 1.82) is 0 Å². The van der Waals surface area contributed by atoms with E-state index in [1.807, 2.05) is 58.0 Å². The molecule has 110 valence electrons. The molecule has 0 saturated carbocycles. The van der Waals surface area contributed by atoms with Gasteiger partial charge in [-0.25, -0.2) is 0 Å². The average molecular weight is 275 g/mol. The van der Waals surface area contributed by atoms with Gasteiger partial charge in [0.15, 0.2) is 0 Å². The van der Waals surface area contributed by atoms with Crippen LogP contribution in [0.25, 0.3) is 0 Å². The van der Waals surface area contributed by atoms with Crippen LogP contribution in [-0.4, -0.2) is 17.2 Å². The van der Waals surface area contributed by atoms with Gasteiger partial charge in [0.1, 0.15) is 5.78 Å². The molecule has 0 aromatic heterocycles. The van der Waals surface area contributed by atoms with Crippen molar-refractivity contribution in [2.75, 3.05) is 0 Å². The van der Waals surface area contributed by atoms with Crippen molar-refractivity contribution in [2.24, 2.45) is 5.92 Å². The summed E-state index contributed by atoms with van der Waals surface area (Å²) in [5.41, 5.74) is 0.919. The Bertz CT molecular complexity index is 446. The van der Waals surface area contributed by atoms with Crippen LogP contribution in [0.2, 0.25) is 0 Å². The van der Waals surface area contributed by atoms with Gasteiger partial charge in [0, 0.05) is 24.3 Å². The Balaban J connectivity index is 2.37. The van der Waals surface area contributed by atoms with Gasteiger partial charge >= 0.3 is 0 Å². The van der Waals surface area contributed by atoms with Crippen LogP contribution >= 0.6 is 0 Å². The third-order valence-corrected chi connectivity index (χ3v) is 3.05. The topological polar surface area (TPSA) is 46.2 Å². The largest absolute Gasteiger partial charge is 0.351 e. The lowest BCUT2D eigenvalue weighted by atomic mass is 9.94. The highest BCUT2D eigenvalue weighted by molar-refractivity contribution is 5.86. The standard InChI is InChI=1S/C17H25NO2/c1-13(12-14-8-6-5-7-9-14)15(19)10-11-16(20)18-17(2,3)4/h5-9,13H,10-12H2,1-4H3,(H,18,20)/t13-/m0/s1. The first kappa shape index (κ1) is 16.4. The zero-order valence-corrected chi connectivity index (χ0v) is 12.9. The van der Waals surface area contributed by atoms with Gasteiger partial charge in [-0.05, 0) is 32.8 Å². The quantitative estimate of drug-likeness (QED) is 0.867. The van der Waals surface area contributed by atoms with Crippen LogP contribution in [0.4, 0.5) is 0 Å². The molecule has 0 bridgehead atoms. The van der Waals surface area contributed by atoms with Crippen LogP contribution in [0.5, 0.6) is 0 Å². The minimum Gasteiger partial charge on any atom is -0.351 e. The normalized spacial score (nSPS) is 12.8. The van der Waals surface area contributed by atoms with E-state index in [4.69, 9.17) is 0 Å². The fraction of sp³-hybridized carbons (Fsp3) is 0.529. The summed E-state index contributed by atoms with van der Waals surface area (Å²) in [7, 11) is 0. The summed E-state index contributed by atoms with van der Waals surface area (Å²) in [5.74, 6) is 0.0514. The SMILES string of the molecule is C[C@@H](Cc1ccccc1)C(=O)CCC(=O)NC(C)(C)C. The summed E-state index contributed by atoms with van der Waals surface area (Å²) >= 11 is 0. The molecule has 1 N–H and O–H groups in total. The van der Waals surface area contributed by atoms with E-state index < -0.39 is 0 Å². The Morgan fingerprint density at radius 1 is 1.10 bits per heavy atom. The molecule has 0 unspecified atom stereocenters. The molecule has 1 rings (SSSR count). The third kappa shape index (κ3) is 6.50. The second-order valence-electron chi connectivity index (χ2n) is 6.36. The fourth-order valence-corrected chi connectivity index (χ4v) is 2.05. The first-order valence-electron chi connectivity index (χ1n) is 7.15. The maximum absolute atomic E-state index is 12.0. The van der Waals surface area contributed by atoms with Gasteiger partial charge in [0.2, 0.25) is 5.91 Å². The molecule has 1 atom stereocenters. The molecule has 0 spiro atoms. The van der Waals surface area contributed by atoms with Gasteiger partial charge in [-0.1, -0.05) is 37.3 Å². The van der Waals surface area contributed by atoms with Crippen LogP contribution in [0, 0.1) is 5.92 Å². The zero-order chi connectivity index (χ0) is 15.2. The monoisotopic (exact) mass is 275 g/mol. The third-order valence-electron chi connectivity index (χ3n) is 3.05. The predicted molar refractivity (Wildman–Crippen MR) is 81.4 cm³/mol. The molecule has 20 heavy (non-hydrogen) atoms. The Kier molecular flexibility index (Phi) is 5.93. The molecule has 1 aromatic rings. The minimum absolute atomic E-state index is 0.0418. The molecular weight excluding hydrogens is 250 g/mol. The van der Waals surface area contributed by atoms with Gasteiger partial charge < -0.3 is 5.32 Å². The van der Waals surface area contributed by atoms with Gasteiger partial charge in [-0.2, -0.15) is 0 Å². The summed E-state index contributed by atoms with van der Waals surface area (Å²) < 4.78 is 0. The highest BCUT2D eigenvalue weighted by Crippen LogP contribution is 2.12. The lowest BCUT2D eigenvalue weighted by Crippen LogP contribution is -2.40. The number of amides is 1. The van der Waals surface area contributed by atoms with Crippen molar-refractivity contribution in [1.82, 2.24) is 5.32 Å². The molecule has 3 nitrogen and oxygen atoms in total. The molecule has 0 radical (unpaired) electrons. The Labute approximate surface area is 121 Å². The molecule has 1 amide bonds. The minimum atomic E-state index is -0.240. The second-order valence-corrected chi connectivity index (χ2v) is 6.36. The van der Waals surface area contributed by atoms with E-state index in [0.29, 0.717) is 6.42 Å². The first-order valence-corrected chi connectivity index (χ1v) is 7.15. The number of benzene rings is 1. The van der Waals surface area contributed by atoms with E-state index in [1.165, 1.54) is 0 Å². The Hall–Kier alpha value is -1.64. The number of carbonyl (C=O) groups is 2. The number of Topliss-reactive ketones (excluding diaryl/α,β-unsaturated/α-hetero) is 1. The lowest BCUT2D eigenvalue weighted by Gasteiger charge is -2.20. The lowest BCUT2D eigenvalue weighted by molar-refractivity contribution is -0.127. The van der Waals surface area contributed by atoms with Crippen molar-refractivity contribution in [3.05, 3.63) is 35.9 Å². The molecule has 0 saturated heterocycles. The van der Waals surface area contributed by atoms with Gasteiger partial charge in [-0.3, -0.25) is 9.59 Å². The van der Waals surface area contributed by atoms with Crippen molar-refractivity contribution < 1.29 is 9.59 Å². The van der Waals surface area contributed by atoms with E-state index in [1.54, 1.807) is 0 Å². The average Bonchev–Trinajstić information content (AvgIpc) is 2.35. The van der Waals surface area contributed by atoms with E-state index in [2.05, 4.69) is 5.32 Å². The van der Waals surface area contributed by atoms with E-state index in [0.717, 1.165) is 12.0 Å². The number of hydrogen-bond donors (Lipinski definition) is 1. The fourth-order valence-electron chi connectivity index (χ4n) is 2.05. The van der Waals surface area contributed by atoms with Crippen molar-refractivity contribution in [2.45, 2.75) is 52.5 Å². The van der Waals surface area contributed by atoms with Crippen LogP contribution in [0.15, 0.2) is 30.3 Å². The molecule has 3 heteroatoms. The van der Waals surface area contributed by atoms with Crippen molar-refractivity contribution in [3.63, 3.8) is 0 Å². The maximum Gasteiger partial charge on any atom is 0.220 e. The molecule has 0 aliphatic heterocycles. The van der Waals surface area contributed by atoms with Gasteiger partial charge in [-0.15, -0.1) is 0 Å². The van der Waals surface area contributed by atoms with Crippen molar-refractivity contribution >= 4 is 11.7 Å². The second kappa shape index (κ2) is 7.22. The zero-order valence-electron chi connectivity index (χ0n) is 12.9. The summed E-state index contributed by atoms with van der Waals surface area (Å²) in [6, 6.07) is 9.96. The highest BCUT2D eigenvalue weighted by Gasteiger charge is 2.17.